The summed E-state index contributed by atoms with van der Waals surface area (Å²) in [4.78, 5) is 19.0. The lowest BCUT2D eigenvalue weighted by Gasteiger charge is -2.53. The van der Waals surface area contributed by atoms with Crippen LogP contribution in [0.4, 0.5) is 108 Å². The molecule has 91 heavy (non-hydrogen) atoms. The van der Waals surface area contributed by atoms with E-state index in [0.29, 0.717) is 11.3 Å². The van der Waals surface area contributed by atoms with Crippen molar-refractivity contribution < 1.29 is 0 Å². The van der Waals surface area contributed by atoms with Gasteiger partial charge >= 0.3 is 0 Å². The SMILES string of the molecule is [C-]#[N+]c1ccc2c(c1)N1c3cc(N(c4ccccc4)c4ccccc4)cc4c3B(c3ccccc3N4c3ccccc3)c3cc4c5c(c31)B2c1ccc(C#N)cc1N5c1cc(N(c2ccccc2)c2ccccc2)cc2c1B4c1ccccc1N2c1ccccc1. The third kappa shape index (κ3) is 7.29. The molecule has 6 heterocycles. The van der Waals surface area contributed by atoms with E-state index in [0.717, 1.165) is 113 Å². The Hall–Kier alpha value is -12.2. The van der Waals surface area contributed by atoms with Crippen molar-refractivity contribution in [1.82, 2.24) is 0 Å². The molecule has 0 atom stereocenters. The molecule has 19 rings (SSSR count). The fraction of sp³-hybridized carbons (Fsp3) is 0. The van der Waals surface area contributed by atoms with Crippen molar-refractivity contribution in [2.24, 2.45) is 0 Å². The van der Waals surface area contributed by atoms with Crippen LogP contribution in [-0.4, -0.2) is 20.1 Å². The van der Waals surface area contributed by atoms with Gasteiger partial charge in [0.2, 0.25) is 0 Å². The van der Waals surface area contributed by atoms with E-state index in [1.807, 2.05) is 12.1 Å². The second-order valence-corrected chi connectivity index (χ2v) is 24.1. The highest BCUT2D eigenvalue weighted by atomic mass is 15.2. The number of hydrogen-bond acceptors (Lipinski definition) is 7. The molecule has 0 aromatic heterocycles. The average Bonchev–Trinajstić information content (AvgIpc) is 0.667. The Morgan fingerprint density at radius 3 is 1.07 bits per heavy atom. The first-order chi connectivity index (χ1) is 45.1. The molecule has 418 valence electrons. The molecular weight excluding hydrogens is 1110 g/mol. The summed E-state index contributed by atoms with van der Waals surface area (Å²) in [5.41, 5.74) is 30.7. The van der Waals surface area contributed by atoms with E-state index in [4.69, 9.17) is 6.57 Å². The number of rotatable bonds is 8. The zero-order valence-electron chi connectivity index (χ0n) is 49.1. The summed E-state index contributed by atoms with van der Waals surface area (Å²) in [7, 11) is 0. The monoisotopic (exact) mass is 1150 g/mol. The summed E-state index contributed by atoms with van der Waals surface area (Å²) in [5.74, 6) is 0. The minimum Gasteiger partial charge on any atom is -0.314 e. The van der Waals surface area contributed by atoms with Gasteiger partial charge in [-0.2, -0.15) is 5.26 Å². The first kappa shape index (κ1) is 50.9. The normalized spacial score (nSPS) is 13.3. The second-order valence-electron chi connectivity index (χ2n) is 24.1. The molecule has 13 aromatic rings. The van der Waals surface area contributed by atoms with Crippen molar-refractivity contribution in [3.05, 3.63) is 314 Å². The maximum absolute atomic E-state index is 11.1. The summed E-state index contributed by atoms with van der Waals surface area (Å²) in [6.07, 6.45) is 0. The van der Waals surface area contributed by atoms with Crippen LogP contribution in [0.2, 0.25) is 0 Å². The molecule has 0 bridgehead atoms. The lowest BCUT2D eigenvalue weighted by molar-refractivity contribution is 1.21. The van der Waals surface area contributed by atoms with Crippen LogP contribution in [0.3, 0.4) is 0 Å². The van der Waals surface area contributed by atoms with E-state index < -0.39 is 0 Å². The van der Waals surface area contributed by atoms with Crippen LogP contribution in [-0.2, 0) is 0 Å². The summed E-state index contributed by atoms with van der Waals surface area (Å²) in [6.45, 7) is 7.91. The Morgan fingerprint density at radius 1 is 0.297 bits per heavy atom. The zero-order valence-corrected chi connectivity index (χ0v) is 49.1. The third-order valence-corrected chi connectivity index (χ3v) is 19.5. The van der Waals surface area contributed by atoms with E-state index in [9.17, 15) is 5.26 Å². The molecule has 6 aliphatic heterocycles. The molecule has 8 nitrogen and oxygen atoms in total. The van der Waals surface area contributed by atoms with Gasteiger partial charge < -0.3 is 29.4 Å². The predicted octanol–water partition coefficient (Wildman–Crippen LogP) is 14.4. The Morgan fingerprint density at radius 2 is 0.648 bits per heavy atom. The molecule has 0 amide bonds. The molecule has 0 spiro atoms. The highest BCUT2D eigenvalue weighted by Crippen LogP contribution is 2.54. The number of fused-ring (bicyclic) bond motifs is 14. The third-order valence-electron chi connectivity index (χ3n) is 19.5. The lowest BCUT2D eigenvalue weighted by atomic mass is 9.25. The molecule has 0 saturated carbocycles. The summed E-state index contributed by atoms with van der Waals surface area (Å²) >= 11 is 0. The molecule has 13 aromatic carbocycles. The molecule has 11 heteroatoms. The lowest BCUT2D eigenvalue weighted by Crippen LogP contribution is -2.72. The number of para-hydroxylation sites is 8. The Balaban J connectivity index is 0.979. The van der Waals surface area contributed by atoms with Crippen molar-refractivity contribution in [2.45, 2.75) is 0 Å². The van der Waals surface area contributed by atoms with Gasteiger partial charge in [0.25, 0.3) is 20.1 Å². The van der Waals surface area contributed by atoms with Gasteiger partial charge in [-0.1, -0.05) is 170 Å². The van der Waals surface area contributed by atoms with E-state index in [1.54, 1.807) is 0 Å². The highest BCUT2D eigenvalue weighted by molar-refractivity contribution is 7.07. The molecule has 6 aliphatic rings. The molecule has 0 aliphatic carbocycles. The number of anilines is 18. The van der Waals surface area contributed by atoms with Crippen molar-refractivity contribution in [2.75, 3.05) is 29.4 Å². The summed E-state index contributed by atoms with van der Waals surface area (Å²) < 4.78 is 0. The number of nitriles is 1. The zero-order chi connectivity index (χ0) is 60.0. The second kappa shape index (κ2) is 19.7. The smallest absolute Gasteiger partial charge is 0.252 e. The van der Waals surface area contributed by atoms with E-state index in [2.05, 4.69) is 325 Å². The topological polar surface area (TPSA) is 47.6 Å². The first-order valence-electron chi connectivity index (χ1n) is 31.0. The van der Waals surface area contributed by atoms with Gasteiger partial charge in [-0.3, -0.25) is 0 Å². The number of benzene rings is 13. The Labute approximate surface area is 529 Å². The predicted molar refractivity (Wildman–Crippen MR) is 379 cm³/mol. The fourth-order valence-electron chi connectivity index (χ4n) is 16.1. The summed E-state index contributed by atoms with van der Waals surface area (Å²) in [6, 6.07) is 110. The van der Waals surface area contributed by atoms with Crippen LogP contribution in [0.25, 0.3) is 4.85 Å². The minimum absolute atomic E-state index is 0.236. The first-order valence-corrected chi connectivity index (χ1v) is 31.0. The van der Waals surface area contributed by atoms with Crippen molar-refractivity contribution in [3.8, 4) is 6.07 Å². The molecule has 0 unspecified atom stereocenters. The molecule has 0 radical (unpaired) electrons. The number of hydrogen-bond donors (Lipinski definition) is 0. The van der Waals surface area contributed by atoms with Gasteiger partial charge in [0.1, 0.15) is 0 Å². The van der Waals surface area contributed by atoms with Crippen LogP contribution in [0.15, 0.2) is 297 Å². The van der Waals surface area contributed by atoms with Gasteiger partial charge in [-0.05, 0) is 177 Å². The maximum atomic E-state index is 11.1. The van der Waals surface area contributed by atoms with Crippen LogP contribution in [0, 0.1) is 17.9 Å². The van der Waals surface area contributed by atoms with E-state index in [1.165, 1.54) is 38.2 Å². The quantitative estimate of drug-likeness (QED) is 0.111. The fourth-order valence-corrected chi connectivity index (χ4v) is 16.1. The molecule has 0 fully saturated rings. The Kier molecular flexibility index (Phi) is 11.0. The van der Waals surface area contributed by atoms with Crippen molar-refractivity contribution in [1.29, 1.82) is 5.26 Å². The largest absolute Gasteiger partial charge is 0.314 e. The standard InChI is InChI=1S/C80H49B3N8/c1-85-53-41-43-65-71(45-53)91-75-49-61(87(56-28-12-4-13-29-56)57-30-14-5-15-31-57)47-73-77(75)83(63-37-21-23-39-69(63)89(73)59-34-18-7-19-35-59)67-50-66-79-78(80(67)91)81(65)64-42-40-52(51-84)44-70(64)90(79)74-48-60(86(54-24-8-2-9-25-54)55-26-10-3-11-27-55)46-72-76(74)82(66)62-36-20-22-38-68(62)88(72)58-32-16-6-17-33-58/h2-50H. The van der Waals surface area contributed by atoms with Crippen LogP contribution in [0.1, 0.15) is 5.56 Å². The van der Waals surface area contributed by atoms with Crippen molar-refractivity contribution in [3.63, 3.8) is 0 Å². The maximum Gasteiger partial charge on any atom is 0.252 e. The van der Waals surface area contributed by atoms with E-state index in [-0.39, 0.29) is 20.1 Å². The molecule has 0 N–H and O–H groups in total. The van der Waals surface area contributed by atoms with Gasteiger partial charge in [0, 0.05) is 91.0 Å². The van der Waals surface area contributed by atoms with Crippen LogP contribution in [0.5, 0.6) is 0 Å². The van der Waals surface area contributed by atoms with Crippen LogP contribution >= 0.6 is 0 Å². The van der Waals surface area contributed by atoms with Gasteiger partial charge in [0.05, 0.1) is 29.6 Å². The van der Waals surface area contributed by atoms with E-state index >= 15 is 0 Å². The number of nitrogens with zero attached hydrogens (tertiary/aromatic N) is 8. The Bertz CT molecular complexity index is 4870. The van der Waals surface area contributed by atoms with Gasteiger partial charge in [0.15, 0.2) is 5.69 Å². The highest BCUT2D eigenvalue weighted by Gasteiger charge is 2.55. The molecular formula is C80H49B3N8. The van der Waals surface area contributed by atoms with Gasteiger partial charge in [-0.15, -0.1) is 0 Å². The van der Waals surface area contributed by atoms with Crippen molar-refractivity contribution >= 4 is 177 Å². The minimum atomic E-state index is -0.295. The van der Waals surface area contributed by atoms with Crippen LogP contribution < -0.4 is 78.6 Å². The molecule has 0 saturated heterocycles. The van der Waals surface area contributed by atoms with Gasteiger partial charge in [-0.25, -0.2) is 4.85 Å². The summed E-state index contributed by atoms with van der Waals surface area (Å²) in [5, 5.41) is 11.1. The average molecular weight is 1150 g/mol.